The molecule has 2 amide bonds. The molecule has 3 heterocycles. The first-order valence-electron chi connectivity index (χ1n) is 11.2. The summed E-state index contributed by atoms with van der Waals surface area (Å²) >= 11 is 0. The van der Waals surface area contributed by atoms with Crippen LogP contribution in [0.25, 0.3) is 16.9 Å². The standard InChI is InChI=1S/C22H21F9N6O2/c1-3-37(19(38)35-15(21(26,27)28)4-5-20(23,24)25)16(22(29,30)31)13-8-12(9-32-10-13)14-11-36-7-6-33-17(36)18(34-14)39-2/h6-11,15-16H,3-5H2,1-2H3,(H,35,38)/t15-,16?/m0/s1. The number of hydrogen-bond acceptors (Lipinski definition) is 5. The molecule has 39 heavy (non-hydrogen) atoms. The number of halogens is 9. The average Bonchev–Trinajstić information content (AvgIpc) is 3.31. The molecule has 0 aromatic carbocycles. The zero-order valence-corrected chi connectivity index (χ0v) is 20.2. The monoisotopic (exact) mass is 572 g/mol. The number of rotatable bonds is 8. The van der Waals surface area contributed by atoms with E-state index in [4.69, 9.17) is 4.74 Å². The zero-order valence-electron chi connectivity index (χ0n) is 20.2. The van der Waals surface area contributed by atoms with E-state index in [-0.39, 0.29) is 22.0 Å². The Morgan fingerprint density at radius 2 is 1.79 bits per heavy atom. The number of amides is 2. The van der Waals surface area contributed by atoms with Crippen molar-refractivity contribution < 1.29 is 49.0 Å². The first-order valence-corrected chi connectivity index (χ1v) is 11.2. The van der Waals surface area contributed by atoms with Crippen molar-refractivity contribution in [3.63, 3.8) is 0 Å². The van der Waals surface area contributed by atoms with Crippen LogP contribution >= 0.6 is 0 Å². The van der Waals surface area contributed by atoms with Crippen LogP contribution in [0.2, 0.25) is 0 Å². The van der Waals surface area contributed by atoms with Gasteiger partial charge in [0.25, 0.3) is 5.88 Å². The fourth-order valence-corrected chi connectivity index (χ4v) is 3.77. The highest BCUT2D eigenvalue weighted by molar-refractivity contribution is 5.75. The molecule has 0 radical (unpaired) electrons. The summed E-state index contributed by atoms with van der Waals surface area (Å²) in [6.45, 7) is 0.338. The van der Waals surface area contributed by atoms with Gasteiger partial charge in [0.15, 0.2) is 11.7 Å². The molecule has 0 fully saturated rings. The molecule has 0 spiro atoms. The van der Waals surface area contributed by atoms with Gasteiger partial charge < -0.3 is 19.4 Å². The molecule has 1 unspecified atom stereocenters. The Labute approximate surface area is 214 Å². The van der Waals surface area contributed by atoms with Gasteiger partial charge >= 0.3 is 24.6 Å². The number of aromatic nitrogens is 4. The van der Waals surface area contributed by atoms with E-state index >= 15 is 0 Å². The quantitative estimate of drug-likeness (QED) is 0.350. The van der Waals surface area contributed by atoms with Gasteiger partial charge in [-0.25, -0.2) is 14.8 Å². The van der Waals surface area contributed by atoms with E-state index in [2.05, 4.69) is 15.0 Å². The number of alkyl halides is 9. The smallest absolute Gasteiger partial charge is 0.413 e. The molecule has 3 rings (SSSR count). The molecule has 8 nitrogen and oxygen atoms in total. The summed E-state index contributed by atoms with van der Waals surface area (Å²) in [7, 11) is 1.30. The second-order valence-corrected chi connectivity index (χ2v) is 8.23. The maximum absolute atomic E-state index is 14.2. The van der Waals surface area contributed by atoms with Gasteiger partial charge in [-0.05, 0) is 19.4 Å². The molecule has 0 aliphatic carbocycles. The van der Waals surface area contributed by atoms with Gasteiger partial charge in [-0.1, -0.05) is 0 Å². The van der Waals surface area contributed by atoms with E-state index in [0.29, 0.717) is 5.65 Å². The Hall–Kier alpha value is -3.79. The van der Waals surface area contributed by atoms with Crippen LogP contribution in [0.4, 0.5) is 44.3 Å². The van der Waals surface area contributed by atoms with Gasteiger partial charge in [-0.3, -0.25) is 4.98 Å². The molecule has 0 aliphatic rings. The predicted octanol–water partition coefficient (Wildman–Crippen LogP) is 5.71. The Morgan fingerprint density at radius 3 is 2.36 bits per heavy atom. The highest BCUT2D eigenvalue weighted by atomic mass is 19.4. The van der Waals surface area contributed by atoms with Crippen LogP contribution in [0.1, 0.15) is 31.4 Å². The van der Waals surface area contributed by atoms with Crippen molar-refractivity contribution in [3.8, 4) is 17.1 Å². The maximum atomic E-state index is 14.2. The minimum atomic E-state index is -5.34. The van der Waals surface area contributed by atoms with Crippen LogP contribution in [0, 0.1) is 0 Å². The fourth-order valence-electron chi connectivity index (χ4n) is 3.77. The number of ether oxygens (including phenoxy) is 1. The Kier molecular flexibility index (Phi) is 8.50. The van der Waals surface area contributed by atoms with Gasteiger partial charge in [0, 0.05) is 55.1 Å². The van der Waals surface area contributed by atoms with E-state index in [1.807, 2.05) is 0 Å². The molecule has 0 saturated carbocycles. The summed E-state index contributed by atoms with van der Waals surface area (Å²) in [6, 6.07) is -6.67. The van der Waals surface area contributed by atoms with Crippen LogP contribution in [-0.2, 0) is 0 Å². The molecule has 0 bridgehead atoms. The number of urea groups is 1. The maximum Gasteiger partial charge on any atom is 0.413 e. The number of nitrogens with one attached hydrogen (secondary N) is 1. The highest BCUT2D eigenvalue weighted by Crippen LogP contribution is 2.39. The summed E-state index contributed by atoms with van der Waals surface area (Å²) in [5.74, 6) is 0.0434. The van der Waals surface area contributed by atoms with Crippen molar-refractivity contribution in [1.82, 2.24) is 29.6 Å². The lowest BCUT2D eigenvalue weighted by atomic mass is 10.0. The Morgan fingerprint density at radius 1 is 1.10 bits per heavy atom. The lowest BCUT2D eigenvalue weighted by Gasteiger charge is -2.34. The summed E-state index contributed by atoms with van der Waals surface area (Å²) in [5.41, 5.74) is -0.158. The van der Waals surface area contributed by atoms with Crippen molar-refractivity contribution in [2.45, 2.75) is 50.4 Å². The number of carbonyl (C=O) groups is 1. The Balaban J connectivity index is 1.98. The number of pyridine rings is 1. The number of nitrogens with zero attached hydrogens (tertiary/aromatic N) is 5. The Bertz CT molecular complexity index is 1290. The SMILES string of the molecule is CCN(C(=O)N[C@@H](CCC(F)(F)F)C(F)(F)F)C(c1cncc(-c2cn3ccnc3c(OC)n2)c1)C(F)(F)F. The van der Waals surface area contributed by atoms with E-state index in [1.165, 1.54) is 41.6 Å². The van der Waals surface area contributed by atoms with Gasteiger partial charge in [0.1, 0.15) is 6.04 Å². The summed E-state index contributed by atoms with van der Waals surface area (Å²) in [4.78, 5) is 24.7. The van der Waals surface area contributed by atoms with Crippen LogP contribution < -0.4 is 10.1 Å². The minimum Gasteiger partial charge on any atom is -0.478 e. The predicted molar refractivity (Wildman–Crippen MR) is 118 cm³/mol. The van der Waals surface area contributed by atoms with Gasteiger partial charge in [-0.15, -0.1) is 0 Å². The number of fused-ring (bicyclic) bond motifs is 1. The first kappa shape index (κ1) is 29.8. The number of methoxy groups -OCH3 is 1. The van der Waals surface area contributed by atoms with Crippen molar-refractivity contribution in [3.05, 3.63) is 42.6 Å². The number of imidazole rings is 1. The molecule has 3 aromatic rings. The van der Waals surface area contributed by atoms with Crippen LogP contribution in [-0.4, -0.2) is 68.5 Å². The molecule has 0 aliphatic heterocycles. The normalized spacial score (nSPS) is 14.2. The average molecular weight is 572 g/mol. The summed E-state index contributed by atoms with van der Waals surface area (Å²) in [5, 5.41) is 1.28. The lowest BCUT2D eigenvalue weighted by Crippen LogP contribution is -2.53. The second kappa shape index (κ2) is 11.1. The van der Waals surface area contributed by atoms with Crippen molar-refractivity contribution in [1.29, 1.82) is 0 Å². The lowest BCUT2D eigenvalue weighted by molar-refractivity contribution is -0.181. The second-order valence-electron chi connectivity index (χ2n) is 8.23. The van der Waals surface area contributed by atoms with Crippen LogP contribution in [0.5, 0.6) is 5.88 Å². The number of carbonyl (C=O) groups excluding carboxylic acids is 1. The molecule has 0 saturated heterocycles. The third-order valence-electron chi connectivity index (χ3n) is 5.54. The molecule has 3 aromatic heterocycles. The van der Waals surface area contributed by atoms with Crippen molar-refractivity contribution >= 4 is 11.7 Å². The van der Waals surface area contributed by atoms with Gasteiger partial charge in [0.05, 0.1) is 12.8 Å². The number of hydrogen-bond donors (Lipinski definition) is 1. The van der Waals surface area contributed by atoms with Gasteiger partial charge in [0.2, 0.25) is 0 Å². The topological polar surface area (TPSA) is 84.7 Å². The minimum absolute atomic E-state index is 0.0419. The molecule has 1 N–H and O–H groups in total. The van der Waals surface area contributed by atoms with E-state index in [1.54, 1.807) is 0 Å². The zero-order chi connectivity index (χ0) is 29.2. The molecular weight excluding hydrogens is 551 g/mol. The fraction of sp³-hybridized carbons (Fsp3) is 0.455. The summed E-state index contributed by atoms with van der Waals surface area (Å²) in [6.07, 6.45) is -12.7. The molecule has 17 heteroatoms. The van der Waals surface area contributed by atoms with Crippen LogP contribution in [0.15, 0.2) is 37.1 Å². The third-order valence-corrected chi connectivity index (χ3v) is 5.54. The highest BCUT2D eigenvalue weighted by Gasteiger charge is 2.49. The van der Waals surface area contributed by atoms with E-state index < -0.39 is 61.6 Å². The van der Waals surface area contributed by atoms with Gasteiger partial charge in [-0.2, -0.15) is 39.5 Å². The molecular formula is C22H21F9N6O2. The largest absolute Gasteiger partial charge is 0.478 e. The van der Waals surface area contributed by atoms with E-state index in [0.717, 1.165) is 19.2 Å². The molecule has 214 valence electrons. The van der Waals surface area contributed by atoms with E-state index in [9.17, 15) is 44.3 Å². The summed E-state index contributed by atoms with van der Waals surface area (Å²) < 4.78 is 127. The van der Waals surface area contributed by atoms with Crippen molar-refractivity contribution in [2.75, 3.05) is 13.7 Å². The molecule has 2 atom stereocenters. The third kappa shape index (κ3) is 7.20. The first-order chi connectivity index (χ1) is 18.0. The van der Waals surface area contributed by atoms with Crippen LogP contribution in [0.3, 0.4) is 0 Å². The van der Waals surface area contributed by atoms with Crippen molar-refractivity contribution in [2.24, 2.45) is 0 Å².